The number of hydrogen-bond acceptors (Lipinski definition) is 5. The highest BCUT2D eigenvalue weighted by atomic mass is 15.1. The number of nitrogens with zero attached hydrogens (tertiary/aromatic N) is 7. The molecule has 2 aromatic carbocycles. The molecule has 7 aromatic heterocycles. The van der Waals surface area contributed by atoms with Gasteiger partial charge in [0.1, 0.15) is 22.1 Å². The van der Waals surface area contributed by atoms with Crippen molar-refractivity contribution in [1.82, 2.24) is 34.1 Å². The van der Waals surface area contributed by atoms with E-state index in [2.05, 4.69) is 79.8 Å². The van der Waals surface area contributed by atoms with Gasteiger partial charge in [0, 0.05) is 47.3 Å². The van der Waals surface area contributed by atoms with Crippen LogP contribution in [0.25, 0.3) is 78.0 Å². The summed E-state index contributed by atoms with van der Waals surface area (Å²) in [7, 11) is 0. The van der Waals surface area contributed by atoms with E-state index >= 15 is 0 Å². The lowest BCUT2D eigenvalue weighted by Crippen LogP contribution is -1.98. The third-order valence-electron chi connectivity index (χ3n) is 8.08. The molecule has 0 spiro atoms. The molecule has 0 aliphatic rings. The van der Waals surface area contributed by atoms with Gasteiger partial charge in [0.2, 0.25) is 0 Å². The summed E-state index contributed by atoms with van der Waals surface area (Å²) in [5.74, 6) is 0. The van der Waals surface area contributed by atoms with E-state index in [1.165, 1.54) is 0 Å². The smallest absolute Gasteiger partial charge is 0.116 e. The zero-order valence-corrected chi connectivity index (χ0v) is 23.4. The molecule has 0 aliphatic carbocycles. The highest BCUT2D eigenvalue weighted by Gasteiger charge is 2.21. The largest absolute Gasteiger partial charge is 0.306 e. The Hall–Kier alpha value is -6.21. The number of rotatable bonds is 4. The van der Waals surface area contributed by atoms with Crippen molar-refractivity contribution in [3.05, 3.63) is 140 Å². The fraction of sp³-hybridized carbons (Fsp3) is 0. The number of hydrogen-bond donors (Lipinski definition) is 0. The van der Waals surface area contributed by atoms with E-state index in [4.69, 9.17) is 15.0 Å². The Balaban J connectivity index is 1.41. The Labute approximate surface area is 251 Å². The van der Waals surface area contributed by atoms with E-state index in [0.717, 1.165) is 78.0 Å². The number of benzene rings is 2. The molecular weight excluding hydrogens is 542 g/mol. The lowest BCUT2D eigenvalue weighted by atomic mass is 10.0. The highest BCUT2D eigenvalue weighted by Crippen LogP contribution is 2.38. The molecule has 0 fully saturated rings. The molecular formula is C37H23N7. The fourth-order valence-corrected chi connectivity index (χ4v) is 6.20. The van der Waals surface area contributed by atoms with Crippen LogP contribution in [-0.2, 0) is 0 Å². The van der Waals surface area contributed by atoms with Crippen LogP contribution in [0.3, 0.4) is 0 Å². The van der Waals surface area contributed by atoms with E-state index in [-0.39, 0.29) is 0 Å². The molecule has 44 heavy (non-hydrogen) atoms. The Kier molecular flexibility index (Phi) is 5.36. The van der Waals surface area contributed by atoms with E-state index in [1.54, 1.807) is 0 Å². The molecule has 9 rings (SSSR count). The van der Waals surface area contributed by atoms with Gasteiger partial charge in [-0.05, 0) is 84.9 Å². The summed E-state index contributed by atoms with van der Waals surface area (Å²) in [6.45, 7) is 0. The number of para-hydroxylation sites is 1. The highest BCUT2D eigenvalue weighted by molar-refractivity contribution is 6.13. The minimum Gasteiger partial charge on any atom is -0.306 e. The molecule has 9 aromatic rings. The lowest BCUT2D eigenvalue weighted by Gasteiger charge is -2.13. The second-order valence-corrected chi connectivity index (χ2v) is 10.7. The molecule has 7 nitrogen and oxygen atoms in total. The van der Waals surface area contributed by atoms with Crippen molar-refractivity contribution < 1.29 is 0 Å². The minimum atomic E-state index is 0.827. The second kappa shape index (κ2) is 9.68. The van der Waals surface area contributed by atoms with Crippen molar-refractivity contribution in [2.45, 2.75) is 0 Å². The second-order valence-electron chi connectivity index (χ2n) is 10.7. The maximum atomic E-state index is 5.30. The van der Waals surface area contributed by atoms with Gasteiger partial charge in [-0.2, -0.15) is 0 Å². The molecule has 0 amide bonds. The molecule has 0 radical (unpaired) electrons. The fourth-order valence-electron chi connectivity index (χ4n) is 6.20. The average Bonchev–Trinajstić information content (AvgIpc) is 3.60. The van der Waals surface area contributed by atoms with Gasteiger partial charge in [-0.15, -0.1) is 0 Å². The Morgan fingerprint density at radius 2 is 0.886 bits per heavy atom. The Morgan fingerprint density at radius 1 is 0.364 bits per heavy atom. The van der Waals surface area contributed by atoms with Crippen LogP contribution in [0.5, 0.6) is 0 Å². The predicted molar refractivity (Wildman–Crippen MR) is 175 cm³/mol. The predicted octanol–water partition coefficient (Wildman–Crippen LogP) is 8.19. The lowest BCUT2D eigenvalue weighted by molar-refractivity contribution is 1.16. The van der Waals surface area contributed by atoms with E-state index in [0.29, 0.717) is 0 Å². The maximum absolute atomic E-state index is 5.30. The van der Waals surface area contributed by atoms with Crippen LogP contribution in [0.1, 0.15) is 0 Å². The summed E-state index contributed by atoms with van der Waals surface area (Å²) in [5.41, 5.74) is 13.1. The summed E-state index contributed by atoms with van der Waals surface area (Å²) in [4.78, 5) is 24.3. The first kappa shape index (κ1) is 24.4. The van der Waals surface area contributed by atoms with Crippen LogP contribution in [-0.4, -0.2) is 34.1 Å². The van der Waals surface area contributed by atoms with Gasteiger partial charge in [0.25, 0.3) is 0 Å². The molecule has 7 heterocycles. The van der Waals surface area contributed by atoms with E-state index in [1.807, 2.05) is 79.4 Å². The van der Waals surface area contributed by atoms with Crippen molar-refractivity contribution in [3.63, 3.8) is 0 Å². The minimum absolute atomic E-state index is 0.827. The van der Waals surface area contributed by atoms with Gasteiger partial charge in [-0.3, -0.25) is 19.9 Å². The van der Waals surface area contributed by atoms with Crippen molar-refractivity contribution >= 4 is 44.1 Å². The van der Waals surface area contributed by atoms with Crippen molar-refractivity contribution in [2.24, 2.45) is 0 Å². The maximum Gasteiger partial charge on any atom is 0.116 e. The van der Waals surface area contributed by atoms with Gasteiger partial charge in [-0.1, -0.05) is 30.3 Å². The number of pyridine rings is 5. The molecule has 7 heteroatoms. The topological polar surface area (TPSA) is 74.3 Å². The zero-order valence-electron chi connectivity index (χ0n) is 23.4. The first-order chi connectivity index (χ1) is 21.8. The molecule has 0 saturated heterocycles. The van der Waals surface area contributed by atoms with Gasteiger partial charge < -0.3 is 9.13 Å². The first-order valence-electron chi connectivity index (χ1n) is 14.4. The standard InChI is InChI=1S/C37H23N7/c1-2-10-26(11-3-1)43-30-14-8-18-40-34(30)36-32(43)23-33-37(42-36)35-31(15-9-19-41-35)44(33)27-21-24(28-12-4-6-16-38-28)20-25(22-27)29-13-5-7-17-39-29/h1-23H. The summed E-state index contributed by atoms with van der Waals surface area (Å²) in [6, 6.07) is 39.2. The van der Waals surface area contributed by atoms with Crippen LogP contribution in [0.4, 0.5) is 0 Å². The van der Waals surface area contributed by atoms with Gasteiger partial charge >= 0.3 is 0 Å². The van der Waals surface area contributed by atoms with Crippen LogP contribution >= 0.6 is 0 Å². The van der Waals surface area contributed by atoms with Crippen LogP contribution in [0.2, 0.25) is 0 Å². The van der Waals surface area contributed by atoms with E-state index in [9.17, 15) is 0 Å². The molecule has 0 bridgehead atoms. The summed E-state index contributed by atoms with van der Waals surface area (Å²) >= 11 is 0. The molecule has 206 valence electrons. The van der Waals surface area contributed by atoms with Crippen molar-refractivity contribution in [3.8, 4) is 33.9 Å². The normalized spacial score (nSPS) is 11.6. The zero-order chi connectivity index (χ0) is 29.0. The molecule has 0 aliphatic heterocycles. The van der Waals surface area contributed by atoms with Gasteiger partial charge in [0.05, 0.1) is 33.5 Å². The quantitative estimate of drug-likeness (QED) is 0.215. The molecule has 0 saturated carbocycles. The van der Waals surface area contributed by atoms with Crippen molar-refractivity contribution in [1.29, 1.82) is 0 Å². The number of fused-ring (bicyclic) bond motifs is 6. The third-order valence-corrected chi connectivity index (χ3v) is 8.08. The Morgan fingerprint density at radius 3 is 1.43 bits per heavy atom. The molecule has 0 atom stereocenters. The van der Waals surface area contributed by atoms with Crippen LogP contribution < -0.4 is 0 Å². The van der Waals surface area contributed by atoms with Crippen LogP contribution in [0.15, 0.2) is 140 Å². The van der Waals surface area contributed by atoms with Crippen molar-refractivity contribution in [2.75, 3.05) is 0 Å². The molecule has 0 N–H and O–H groups in total. The van der Waals surface area contributed by atoms with Crippen LogP contribution in [0, 0.1) is 0 Å². The number of aromatic nitrogens is 7. The first-order valence-corrected chi connectivity index (χ1v) is 14.4. The Bertz CT molecular complexity index is 2420. The van der Waals surface area contributed by atoms with E-state index < -0.39 is 0 Å². The average molecular weight is 566 g/mol. The SMILES string of the molecule is c1ccc(-n2c3cccnc3c3nc4c5ncccc5n(-c5cc(-c6ccccn6)cc(-c6ccccn6)c5)c4cc32)cc1. The summed E-state index contributed by atoms with van der Waals surface area (Å²) in [6.07, 6.45) is 7.30. The molecule has 0 unspecified atom stereocenters. The van der Waals surface area contributed by atoms with Gasteiger partial charge in [0.15, 0.2) is 0 Å². The summed E-state index contributed by atoms with van der Waals surface area (Å²) in [5, 5.41) is 0. The van der Waals surface area contributed by atoms with Gasteiger partial charge in [-0.25, -0.2) is 4.98 Å². The summed E-state index contributed by atoms with van der Waals surface area (Å²) < 4.78 is 4.49. The monoisotopic (exact) mass is 565 g/mol. The third kappa shape index (κ3) is 3.73.